The molecule has 29 heavy (non-hydrogen) atoms. The molecule has 0 bridgehead atoms. The molecular weight excluding hydrogens is 479 g/mol. The summed E-state index contributed by atoms with van der Waals surface area (Å²) in [5, 5.41) is 6.84. The number of nitrogens with zero attached hydrogens (tertiary/aromatic N) is 2. The van der Waals surface area contributed by atoms with Crippen molar-refractivity contribution in [1.82, 2.24) is 15.5 Å². The molecular formula is C22H35IN4O2. The minimum atomic E-state index is 0. The maximum absolute atomic E-state index is 12.7. The van der Waals surface area contributed by atoms with Gasteiger partial charge in [0, 0.05) is 37.2 Å². The van der Waals surface area contributed by atoms with Crippen LogP contribution in [0.2, 0.25) is 0 Å². The van der Waals surface area contributed by atoms with Gasteiger partial charge >= 0.3 is 0 Å². The Labute approximate surface area is 191 Å². The van der Waals surface area contributed by atoms with Crippen LogP contribution < -0.4 is 15.4 Å². The average molecular weight is 514 g/mol. The lowest BCUT2D eigenvalue weighted by atomic mass is 10.1. The van der Waals surface area contributed by atoms with Crippen LogP contribution in [-0.2, 0) is 11.3 Å². The van der Waals surface area contributed by atoms with Crippen molar-refractivity contribution in [3.05, 3.63) is 29.8 Å². The molecule has 1 heterocycles. The number of hydrogen-bond donors (Lipinski definition) is 2. The van der Waals surface area contributed by atoms with E-state index in [1.165, 1.54) is 12.8 Å². The van der Waals surface area contributed by atoms with Gasteiger partial charge in [-0.25, -0.2) is 4.99 Å². The van der Waals surface area contributed by atoms with Crippen molar-refractivity contribution in [3.63, 3.8) is 0 Å². The highest BCUT2D eigenvalue weighted by Gasteiger charge is 2.32. The molecule has 2 aliphatic rings. The van der Waals surface area contributed by atoms with E-state index in [0.29, 0.717) is 19.1 Å². The van der Waals surface area contributed by atoms with Gasteiger partial charge in [0.05, 0.1) is 13.2 Å². The summed E-state index contributed by atoms with van der Waals surface area (Å²) in [5.41, 5.74) is 1.08. The van der Waals surface area contributed by atoms with Gasteiger partial charge in [-0.05, 0) is 39.2 Å². The Morgan fingerprint density at radius 1 is 1.21 bits per heavy atom. The zero-order valence-corrected chi connectivity index (χ0v) is 20.0. The number of guanidine groups is 1. The van der Waals surface area contributed by atoms with E-state index in [0.717, 1.165) is 56.2 Å². The first-order valence-corrected chi connectivity index (χ1v) is 10.8. The minimum absolute atomic E-state index is 0. The second-order valence-electron chi connectivity index (χ2n) is 7.63. The summed E-state index contributed by atoms with van der Waals surface area (Å²) in [5.74, 6) is 2.30. The van der Waals surface area contributed by atoms with Crippen LogP contribution in [0.3, 0.4) is 0 Å². The van der Waals surface area contributed by atoms with Gasteiger partial charge in [0.25, 0.3) is 0 Å². The number of nitrogens with one attached hydrogen (secondary N) is 2. The molecule has 1 saturated heterocycles. The van der Waals surface area contributed by atoms with E-state index < -0.39 is 0 Å². The van der Waals surface area contributed by atoms with Crippen LogP contribution in [0.15, 0.2) is 29.3 Å². The van der Waals surface area contributed by atoms with Gasteiger partial charge in [-0.2, -0.15) is 0 Å². The molecule has 1 aliphatic carbocycles. The Bertz CT molecular complexity index is 677. The number of benzene rings is 1. The molecule has 1 aromatic rings. The summed E-state index contributed by atoms with van der Waals surface area (Å²) < 4.78 is 5.70. The van der Waals surface area contributed by atoms with Crippen molar-refractivity contribution in [3.8, 4) is 5.75 Å². The van der Waals surface area contributed by atoms with Gasteiger partial charge in [-0.1, -0.05) is 31.0 Å². The number of carbonyl (C=O) groups is 1. The third-order valence-corrected chi connectivity index (χ3v) is 5.57. The SMILES string of the molecule is CCNC(=NCc1ccccc1OCC)NC1CCN(C(=O)C2CCCC2)C1.I. The summed E-state index contributed by atoms with van der Waals surface area (Å²) in [6.07, 6.45) is 5.50. The Morgan fingerprint density at radius 2 is 1.97 bits per heavy atom. The number of hydrogen-bond acceptors (Lipinski definition) is 3. The number of carbonyl (C=O) groups excluding carboxylic acids is 1. The molecule has 1 aromatic carbocycles. The van der Waals surface area contributed by atoms with Gasteiger partial charge < -0.3 is 20.3 Å². The van der Waals surface area contributed by atoms with Crippen molar-refractivity contribution >= 4 is 35.8 Å². The van der Waals surface area contributed by atoms with Gasteiger partial charge in [-0.3, -0.25) is 4.79 Å². The van der Waals surface area contributed by atoms with Crippen molar-refractivity contribution < 1.29 is 9.53 Å². The Morgan fingerprint density at radius 3 is 2.69 bits per heavy atom. The zero-order chi connectivity index (χ0) is 19.8. The topological polar surface area (TPSA) is 66.0 Å². The van der Waals surface area contributed by atoms with E-state index in [1.54, 1.807) is 0 Å². The lowest BCUT2D eigenvalue weighted by Gasteiger charge is -2.21. The lowest BCUT2D eigenvalue weighted by Crippen LogP contribution is -2.45. The smallest absolute Gasteiger partial charge is 0.225 e. The van der Waals surface area contributed by atoms with Crippen molar-refractivity contribution in [1.29, 1.82) is 0 Å². The Kier molecular flexibility index (Phi) is 10.0. The number of para-hydroxylation sites is 1. The predicted octanol–water partition coefficient (Wildman–Crippen LogP) is 3.55. The van der Waals surface area contributed by atoms with Gasteiger partial charge in [0.2, 0.25) is 5.91 Å². The second kappa shape index (κ2) is 12.2. The molecule has 6 nitrogen and oxygen atoms in total. The highest BCUT2D eigenvalue weighted by Crippen LogP contribution is 2.27. The molecule has 2 fully saturated rings. The highest BCUT2D eigenvalue weighted by molar-refractivity contribution is 14.0. The number of ether oxygens (including phenoxy) is 1. The molecule has 162 valence electrons. The number of rotatable bonds is 7. The quantitative estimate of drug-likeness (QED) is 0.332. The van der Waals surface area contributed by atoms with Crippen molar-refractivity contribution in [2.75, 3.05) is 26.2 Å². The molecule has 7 heteroatoms. The van der Waals surface area contributed by atoms with Gasteiger partial charge in [-0.15, -0.1) is 24.0 Å². The fraction of sp³-hybridized carbons (Fsp3) is 0.636. The summed E-state index contributed by atoms with van der Waals surface area (Å²) >= 11 is 0. The maximum Gasteiger partial charge on any atom is 0.225 e. The predicted molar refractivity (Wildman–Crippen MR) is 128 cm³/mol. The number of likely N-dealkylation sites (tertiary alicyclic amines) is 1. The fourth-order valence-corrected chi connectivity index (χ4v) is 4.12. The van der Waals surface area contributed by atoms with Crippen LogP contribution in [0.25, 0.3) is 0 Å². The van der Waals surface area contributed by atoms with Crippen molar-refractivity contribution in [2.24, 2.45) is 10.9 Å². The largest absolute Gasteiger partial charge is 0.494 e. The first kappa shape index (κ1) is 23.8. The summed E-state index contributed by atoms with van der Waals surface area (Å²) in [6, 6.07) is 8.28. The van der Waals surface area contributed by atoms with E-state index in [-0.39, 0.29) is 35.9 Å². The van der Waals surface area contributed by atoms with E-state index in [9.17, 15) is 4.79 Å². The molecule has 0 radical (unpaired) electrons. The molecule has 3 rings (SSSR count). The first-order chi connectivity index (χ1) is 13.7. The monoisotopic (exact) mass is 514 g/mol. The van der Waals surface area contributed by atoms with Gasteiger partial charge in [0.1, 0.15) is 5.75 Å². The van der Waals surface area contributed by atoms with Crippen LogP contribution in [0.4, 0.5) is 0 Å². The van der Waals surface area contributed by atoms with E-state index in [1.807, 2.05) is 30.0 Å². The molecule has 1 saturated carbocycles. The second-order valence-corrected chi connectivity index (χ2v) is 7.63. The molecule has 2 N–H and O–H groups in total. The molecule has 0 spiro atoms. The van der Waals surface area contributed by atoms with Crippen LogP contribution in [0, 0.1) is 5.92 Å². The molecule has 1 atom stereocenters. The van der Waals surface area contributed by atoms with Crippen molar-refractivity contribution in [2.45, 2.75) is 58.5 Å². The maximum atomic E-state index is 12.7. The molecule has 0 aromatic heterocycles. The van der Waals surface area contributed by atoms with E-state index in [2.05, 4.69) is 23.6 Å². The first-order valence-electron chi connectivity index (χ1n) is 10.8. The number of aliphatic imine (C=N–C) groups is 1. The summed E-state index contributed by atoms with van der Waals surface area (Å²) in [7, 11) is 0. The van der Waals surface area contributed by atoms with E-state index in [4.69, 9.17) is 9.73 Å². The molecule has 1 amide bonds. The normalized spacial score (nSPS) is 19.7. The summed E-state index contributed by atoms with van der Waals surface area (Å²) in [4.78, 5) is 19.4. The van der Waals surface area contributed by atoms with Crippen LogP contribution in [0.1, 0.15) is 51.5 Å². The standard InChI is InChI=1S/C22H34N4O2.HI/c1-3-23-22(24-15-18-11-7-8-12-20(18)28-4-2)25-19-13-14-26(16-19)21(27)17-9-5-6-10-17;/h7-8,11-12,17,19H,3-6,9-10,13-16H2,1-2H3,(H2,23,24,25);1H. The van der Waals surface area contributed by atoms with Crippen LogP contribution in [-0.4, -0.2) is 49.0 Å². The number of amides is 1. The molecule has 1 aliphatic heterocycles. The zero-order valence-electron chi connectivity index (χ0n) is 17.7. The third-order valence-electron chi connectivity index (χ3n) is 5.57. The minimum Gasteiger partial charge on any atom is -0.494 e. The summed E-state index contributed by atoms with van der Waals surface area (Å²) in [6.45, 7) is 7.68. The van der Waals surface area contributed by atoms with Gasteiger partial charge in [0.15, 0.2) is 5.96 Å². The Balaban J connectivity index is 0.00000300. The Hall–Kier alpha value is -1.51. The number of halogens is 1. The van der Waals surface area contributed by atoms with E-state index >= 15 is 0 Å². The molecule has 1 unspecified atom stereocenters. The van der Waals surface area contributed by atoms with Crippen LogP contribution >= 0.6 is 24.0 Å². The fourth-order valence-electron chi connectivity index (χ4n) is 4.12. The average Bonchev–Trinajstić information content (AvgIpc) is 3.39. The van der Waals surface area contributed by atoms with Crippen LogP contribution in [0.5, 0.6) is 5.75 Å². The third kappa shape index (κ3) is 6.76. The lowest BCUT2D eigenvalue weighted by molar-refractivity contribution is -0.134. The highest BCUT2D eigenvalue weighted by atomic mass is 127.